The van der Waals surface area contributed by atoms with Gasteiger partial charge >= 0.3 is 0 Å². The number of hydrogen-bond acceptors (Lipinski definition) is 4. The Kier molecular flexibility index (Phi) is 2.68. The average molecular weight is 270 g/mol. The number of benzene rings is 2. The molecule has 0 fully saturated rings. The van der Waals surface area contributed by atoms with Crippen LogP contribution in [0.25, 0.3) is 20.8 Å². The molecule has 2 aromatic carbocycles. The van der Waals surface area contributed by atoms with Crippen LogP contribution in [0, 0.1) is 0 Å². The van der Waals surface area contributed by atoms with E-state index in [1.165, 1.54) is 23.5 Å². The smallest absolute Gasteiger partial charge is 0.248 e. The summed E-state index contributed by atoms with van der Waals surface area (Å²) in [5.41, 5.74) is 6.99. The number of carbonyl (C=O) groups is 1. The first-order valence-corrected chi connectivity index (χ1v) is 6.45. The Bertz CT molecular complexity index is 747. The molecular weight excluding hydrogens is 260 g/mol. The zero-order valence-electron chi connectivity index (χ0n) is 9.83. The Hall–Kier alpha value is -2.40. The van der Waals surface area contributed by atoms with Crippen molar-refractivity contribution in [2.24, 2.45) is 5.73 Å². The van der Waals surface area contributed by atoms with Gasteiger partial charge in [-0.25, -0.2) is 4.98 Å². The molecule has 0 unspecified atom stereocenters. The quantitative estimate of drug-likeness (QED) is 0.751. The van der Waals surface area contributed by atoms with Gasteiger partial charge in [-0.3, -0.25) is 4.79 Å². The predicted octanol–water partition coefficient (Wildman–Crippen LogP) is 2.77. The number of fused-ring (bicyclic) bond motifs is 1. The summed E-state index contributed by atoms with van der Waals surface area (Å²) in [5, 5.41) is 10.6. The maximum atomic E-state index is 11.2. The van der Waals surface area contributed by atoms with Crippen molar-refractivity contribution >= 4 is 27.5 Å². The Morgan fingerprint density at radius 1 is 1.21 bits per heavy atom. The molecule has 0 aliphatic carbocycles. The van der Waals surface area contributed by atoms with Crippen LogP contribution in [0.15, 0.2) is 42.5 Å². The van der Waals surface area contributed by atoms with Gasteiger partial charge in [0.1, 0.15) is 10.8 Å². The molecule has 3 aromatic rings. The van der Waals surface area contributed by atoms with Gasteiger partial charge in [0, 0.05) is 5.56 Å². The number of nitrogens with two attached hydrogens (primary N) is 1. The molecule has 0 atom stereocenters. The lowest BCUT2D eigenvalue weighted by Gasteiger charge is -2.02. The fourth-order valence-electron chi connectivity index (χ4n) is 1.85. The average Bonchev–Trinajstić information content (AvgIpc) is 2.82. The van der Waals surface area contributed by atoms with Crippen LogP contribution < -0.4 is 5.73 Å². The van der Waals surface area contributed by atoms with Crippen molar-refractivity contribution in [1.82, 2.24) is 4.98 Å². The molecule has 1 heterocycles. The number of nitrogens with zero attached hydrogens (tertiary/aromatic N) is 1. The summed E-state index contributed by atoms with van der Waals surface area (Å²) in [6.45, 7) is 0. The molecule has 0 aliphatic heterocycles. The number of rotatable bonds is 2. The lowest BCUT2D eigenvalue weighted by atomic mass is 10.1. The summed E-state index contributed by atoms with van der Waals surface area (Å²) in [6.07, 6.45) is 0. The summed E-state index contributed by atoms with van der Waals surface area (Å²) in [4.78, 5) is 15.6. The van der Waals surface area contributed by atoms with E-state index in [9.17, 15) is 9.90 Å². The van der Waals surface area contributed by atoms with Crippen LogP contribution in [0.5, 0.6) is 5.75 Å². The zero-order chi connectivity index (χ0) is 13.4. The first-order chi connectivity index (χ1) is 9.15. The number of amides is 1. The van der Waals surface area contributed by atoms with Crippen LogP contribution in [0.4, 0.5) is 0 Å². The zero-order valence-corrected chi connectivity index (χ0v) is 10.6. The van der Waals surface area contributed by atoms with E-state index in [0.29, 0.717) is 16.1 Å². The van der Waals surface area contributed by atoms with Crippen LogP contribution >= 0.6 is 11.3 Å². The van der Waals surface area contributed by atoms with Crippen molar-refractivity contribution in [3.63, 3.8) is 0 Å². The SMILES string of the molecule is NC(=O)c1ccc(O)c(-c2nc3ccccc3s2)c1. The number of hydrogen-bond donors (Lipinski definition) is 2. The van der Waals surface area contributed by atoms with Crippen molar-refractivity contribution in [2.75, 3.05) is 0 Å². The lowest BCUT2D eigenvalue weighted by Crippen LogP contribution is -2.10. The van der Waals surface area contributed by atoms with Crippen molar-refractivity contribution < 1.29 is 9.90 Å². The van der Waals surface area contributed by atoms with Crippen LogP contribution in [0.3, 0.4) is 0 Å². The minimum atomic E-state index is -0.526. The second-order valence-corrected chi connectivity index (χ2v) is 5.11. The second kappa shape index (κ2) is 4.37. The topological polar surface area (TPSA) is 76.2 Å². The van der Waals surface area contributed by atoms with Crippen molar-refractivity contribution in [1.29, 1.82) is 0 Å². The normalized spacial score (nSPS) is 10.7. The Morgan fingerprint density at radius 2 is 2.00 bits per heavy atom. The van der Waals surface area contributed by atoms with Crippen LogP contribution in [0.2, 0.25) is 0 Å². The molecule has 0 bridgehead atoms. The highest BCUT2D eigenvalue weighted by Gasteiger charge is 2.12. The van der Waals surface area contributed by atoms with Gasteiger partial charge in [0.15, 0.2) is 0 Å². The largest absolute Gasteiger partial charge is 0.507 e. The lowest BCUT2D eigenvalue weighted by molar-refractivity contribution is 0.100. The number of phenols is 1. The fraction of sp³-hybridized carbons (Fsp3) is 0. The monoisotopic (exact) mass is 270 g/mol. The maximum Gasteiger partial charge on any atom is 0.248 e. The van der Waals surface area contributed by atoms with Gasteiger partial charge in [-0.2, -0.15) is 0 Å². The van der Waals surface area contributed by atoms with E-state index in [1.54, 1.807) is 6.07 Å². The molecular formula is C14H10N2O2S. The van der Waals surface area contributed by atoms with Gasteiger partial charge < -0.3 is 10.8 Å². The van der Waals surface area contributed by atoms with E-state index >= 15 is 0 Å². The molecule has 19 heavy (non-hydrogen) atoms. The highest BCUT2D eigenvalue weighted by atomic mass is 32.1. The molecule has 1 aromatic heterocycles. The number of phenolic OH excluding ortho intramolecular Hbond substituents is 1. The van der Waals surface area contributed by atoms with E-state index < -0.39 is 5.91 Å². The molecule has 3 N–H and O–H groups in total. The molecule has 94 valence electrons. The number of aromatic hydroxyl groups is 1. The number of para-hydroxylation sites is 1. The number of carbonyl (C=O) groups excluding carboxylic acids is 1. The Morgan fingerprint density at radius 3 is 2.74 bits per heavy atom. The molecule has 5 heteroatoms. The van der Waals surface area contributed by atoms with Gasteiger partial charge in [0.25, 0.3) is 0 Å². The van der Waals surface area contributed by atoms with Crippen molar-refractivity contribution in [3.8, 4) is 16.3 Å². The highest BCUT2D eigenvalue weighted by Crippen LogP contribution is 2.35. The van der Waals surface area contributed by atoms with E-state index in [0.717, 1.165) is 10.2 Å². The van der Waals surface area contributed by atoms with Crippen molar-refractivity contribution in [2.45, 2.75) is 0 Å². The van der Waals surface area contributed by atoms with Gasteiger partial charge in [-0.15, -0.1) is 11.3 Å². The van der Waals surface area contributed by atoms with E-state index in [1.807, 2.05) is 24.3 Å². The third kappa shape index (κ3) is 2.04. The summed E-state index contributed by atoms with van der Waals surface area (Å²) < 4.78 is 1.03. The second-order valence-electron chi connectivity index (χ2n) is 4.08. The molecule has 0 saturated carbocycles. The van der Waals surface area contributed by atoms with Crippen LogP contribution in [-0.2, 0) is 0 Å². The van der Waals surface area contributed by atoms with Gasteiger partial charge in [-0.05, 0) is 30.3 Å². The summed E-state index contributed by atoms with van der Waals surface area (Å²) in [5.74, 6) is -0.439. The molecule has 4 nitrogen and oxygen atoms in total. The Labute approximate surface area is 113 Å². The molecule has 0 spiro atoms. The number of primary amides is 1. The first kappa shape index (κ1) is 11.7. The summed E-state index contributed by atoms with van der Waals surface area (Å²) >= 11 is 1.46. The molecule has 0 saturated heterocycles. The molecule has 0 aliphatic rings. The molecule has 3 rings (SSSR count). The van der Waals surface area contributed by atoms with Gasteiger partial charge in [-0.1, -0.05) is 12.1 Å². The van der Waals surface area contributed by atoms with Crippen LogP contribution in [-0.4, -0.2) is 16.0 Å². The van der Waals surface area contributed by atoms with E-state index in [2.05, 4.69) is 4.98 Å². The van der Waals surface area contributed by atoms with Gasteiger partial charge in [0.05, 0.1) is 15.8 Å². The number of thiazole rings is 1. The summed E-state index contributed by atoms with van der Waals surface area (Å²) in [6, 6.07) is 12.2. The van der Waals surface area contributed by atoms with Crippen molar-refractivity contribution in [3.05, 3.63) is 48.0 Å². The van der Waals surface area contributed by atoms with E-state index in [4.69, 9.17) is 5.73 Å². The van der Waals surface area contributed by atoms with Gasteiger partial charge in [0.2, 0.25) is 5.91 Å². The molecule has 0 radical (unpaired) electrons. The first-order valence-electron chi connectivity index (χ1n) is 5.64. The summed E-state index contributed by atoms with van der Waals surface area (Å²) in [7, 11) is 0. The third-order valence-electron chi connectivity index (χ3n) is 2.81. The minimum Gasteiger partial charge on any atom is -0.507 e. The third-order valence-corrected chi connectivity index (χ3v) is 3.88. The maximum absolute atomic E-state index is 11.2. The minimum absolute atomic E-state index is 0.0871. The number of aromatic nitrogens is 1. The Balaban J connectivity index is 2.20. The standard InChI is InChI=1S/C14H10N2O2S/c15-13(18)8-5-6-11(17)9(7-8)14-16-10-3-1-2-4-12(10)19-14/h1-7,17H,(H2,15,18). The molecule has 1 amide bonds. The highest BCUT2D eigenvalue weighted by molar-refractivity contribution is 7.21. The fourth-order valence-corrected chi connectivity index (χ4v) is 2.84. The van der Waals surface area contributed by atoms with E-state index in [-0.39, 0.29) is 5.75 Å². The van der Waals surface area contributed by atoms with Crippen LogP contribution in [0.1, 0.15) is 10.4 Å². The predicted molar refractivity (Wildman–Crippen MR) is 75.2 cm³/mol.